The summed E-state index contributed by atoms with van der Waals surface area (Å²) in [5.41, 5.74) is 2.03. The zero-order valence-electron chi connectivity index (χ0n) is 18.8. The molecule has 0 radical (unpaired) electrons. The molecule has 4 amide bonds. The highest BCUT2D eigenvalue weighted by Gasteiger charge is 2.49. The number of hydrogen-bond acceptors (Lipinski definition) is 5. The zero-order valence-corrected chi connectivity index (χ0v) is 19.6. The van der Waals surface area contributed by atoms with Crippen molar-refractivity contribution >= 4 is 41.0 Å². The number of benzene rings is 2. The van der Waals surface area contributed by atoms with Gasteiger partial charge in [-0.15, -0.1) is 11.8 Å². The van der Waals surface area contributed by atoms with Gasteiger partial charge >= 0.3 is 11.9 Å². The van der Waals surface area contributed by atoms with E-state index in [0.717, 1.165) is 10.6 Å². The van der Waals surface area contributed by atoms with Crippen molar-refractivity contribution in [3.63, 3.8) is 0 Å². The number of urea groups is 1. The van der Waals surface area contributed by atoms with Crippen LogP contribution in [0.3, 0.4) is 0 Å². The molecule has 0 bridgehead atoms. The van der Waals surface area contributed by atoms with E-state index in [1.807, 2.05) is 0 Å². The molecule has 0 aromatic heterocycles. The van der Waals surface area contributed by atoms with Crippen LogP contribution in [0.2, 0.25) is 0 Å². The van der Waals surface area contributed by atoms with Gasteiger partial charge in [0, 0.05) is 31.9 Å². The Morgan fingerprint density at radius 2 is 1.57 bits per heavy atom. The molecule has 0 saturated carbocycles. The lowest BCUT2D eigenvalue weighted by molar-refractivity contribution is -0.428. The van der Waals surface area contributed by atoms with E-state index in [0.29, 0.717) is 37.5 Å². The van der Waals surface area contributed by atoms with Crippen LogP contribution < -0.4 is 4.90 Å². The number of piperazine rings is 1. The van der Waals surface area contributed by atoms with Gasteiger partial charge in [-0.05, 0) is 53.4 Å². The van der Waals surface area contributed by atoms with Crippen molar-refractivity contribution in [3.05, 3.63) is 77.2 Å². The van der Waals surface area contributed by atoms with Gasteiger partial charge in [-0.1, -0.05) is 12.1 Å². The summed E-state index contributed by atoms with van der Waals surface area (Å²) in [6, 6.07) is 11.3. The highest BCUT2D eigenvalue weighted by atomic mass is 32.2. The lowest BCUT2D eigenvalue weighted by Gasteiger charge is -2.36. The standard InChI is InChI=1S/C25H23F2N4O3S/c26-18-3-1-17(2-4-18)15-31-24(33)23-21(9-14-35-23)30(25(31)34)16-22(32)29-12-10-28(11-13-29)20-7-5-19(27)6-8-20/h1-9,14,23H,10-13,15-16H2/q+1. The van der Waals surface area contributed by atoms with Crippen molar-refractivity contribution in [3.8, 4) is 0 Å². The van der Waals surface area contributed by atoms with Gasteiger partial charge in [0.25, 0.3) is 5.91 Å². The molecule has 0 N–H and O–H groups in total. The number of thioether (sulfide) groups is 1. The number of fused-ring (bicyclic) bond motifs is 1. The third-order valence-electron chi connectivity index (χ3n) is 6.36. The molecule has 7 nitrogen and oxygen atoms in total. The number of rotatable bonds is 5. The first-order valence-electron chi connectivity index (χ1n) is 11.2. The predicted molar refractivity (Wildman–Crippen MR) is 128 cm³/mol. The van der Waals surface area contributed by atoms with Crippen molar-refractivity contribution in [2.75, 3.05) is 37.6 Å². The number of carbonyl (C=O) groups excluding carboxylic acids is 3. The normalized spacial score (nSPS) is 20.1. The van der Waals surface area contributed by atoms with E-state index in [9.17, 15) is 23.2 Å². The van der Waals surface area contributed by atoms with Crippen LogP contribution in [-0.2, 0) is 16.1 Å². The van der Waals surface area contributed by atoms with Gasteiger partial charge in [0.1, 0.15) is 23.9 Å². The summed E-state index contributed by atoms with van der Waals surface area (Å²) in [7, 11) is 0. The molecule has 0 spiro atoms. The largest absolute Gasteiger partial charge is 0.501 e. The molecule has 1 fully saturated rings. The minimum atomic E-state index is -0.587. The minimum absolute atomic E-state index is 0.00329. The zero-order chi connectivity index (χ0) is 24.5. The molecule has 2 aromatic rings. The van der Waals surface area contributed by atoms with Gasteiger partial charge < -0.3 is 9.80 Å². The Hall–Kier alpha value is -3.53. The van der Waals surface area contributed by atoms with E-state index < -0.39 is 17.1 Å². The van der Waals surface area contributed by atoms with Gasteiger partial charge in [0.15, 0.2) is 11.8 Å². The number of amides is 4. The van der Waals surface area contributed by atoms with Crippen LogP contribution in [0, 0.1) is 11.6 Å². The third-order valence-corrected chi connectivity index (χ3v) is 7.37. The van der Waals surface area contributed by atoms with Crippen molar-refractivity contribution in [1.82, 2.24) is 9.80 Å². The molecule has 3 aliphatic rings. The Labute approximate surface area is 205 Å². The number of nitrogens with zero attached hydrogens (tertiary/aromatic N) is 4. The lowest BCUT2D eigenvalue weighted by Crippen LogP contribution is -2.57. The summed E-state index contributed by atoms with van der Waals surface area (Å²) in [6.45, 7) is 1.97. The molecular formula is C25H23F2N4O3S+. The predicted octanol–water partition coefficient (Wildman–Crippen LogP) is 2.86. The van der Waals surface area contributed by atoms with Crippen LogP contribution in [0.1, 0.15) is 5.56 Å². The van der Waals surface area contributed by atoms with E-state index in [1.165, 1.54) is 52.7 Å². The fourth-order valence-corrected chi connectivity index (χ4v) is 5.39. The van der Waals surface area contributed by atoms with E-state index >= 15 is 0 Å². The Morgan fingerprint density at radius 3 is 2.23 bits per heavy atom. The molecular weight excluding hydrogens is 474 g/mol. The number of halogens is 2. The Morgan fingerprint density at radius 1 is 0.943 bits per heavy atom. The summed E-state index contributed by atoms with van der Waals surface area (Å²) in [5.74, 6) is -1.25. The number of anilines is 1. The van der Waals surface area contributed by atoms with Gasteiger partial charge in [0.2, 0.25) is 0 Å². The summed E-state index contributed by atoms with van der Waals surface area (Å²) in [5, 5.41) is 1.17. The molecule has 2 aromatic carbocycles. The van der Waals surface area contributed by atoms with Crippen molar-refractivity contribution in [2.45, 2.75) is 11.8 Å². The molecule has 1 atom stereocenters. The third kappa shape index (κ3) is 4.70. The molecule has 3 aliphatic heterocycles. The van der Waals surface area contributed by atoms with Gasteiger partial charge in [0.05, 0.1) is 0 Å². The summed E-state index contributed by atoms with van der Waals surface area (Å²) in [6.07, 6.45) is 1.71. The Balaban J connectivity index is 1.28. The highest BCUT2D eigenvalue weighted by molar-refractivity contribution is 8.04. The minimum Gasteiger partial charge on any atom is -0.368 e. The first-order valence-corrected chi connectivity index (χ1v) is 12.2. The number of carbonyl (C=O) groups is 3. The van der Waals surface area contributed by atoms with E-state index in [-0.39, 0.29) is 30.7 Å². The maximum absolute atomic E-state index is 13.3. The number of allylic oxidation sites excluding steroid dienone is 1. The first kappa shape index (κ1) is 23.2. The lowest BCUT2D eigenvalue weighted by atomic mass is 10.1. The second-order valence-corrected chi connectivity index (χ2v) is 9.52. The molecule has 5 rings (SSSR count). The maximum atomic E-state index is 13.3. The van der Waals surface area contributed by atoms with E-state index in [1.54, 1.807) is 28.5 Å². The van der Waals surface area contributed by atoms with Gasteiger partial charge in [-0.25, -0.2) is 13.6 Å². The molecule has 180 valence electrons. The number of imide groups is 1. The Kier molecular flexibility index (Phi) is 6.38. The van der Waals surface area contributed by atoms with Crippen LogP contribution in [0.5, 0.6) is 0 Å². The molecule has 10 heteroatoms. The number of hydrogen-bond donors (Lipinski definition) is 0. The molecule has 1 saturated heterocycles. The molecule has 1 unspecified atom stereocenters. The van der Waals surface area contributed by atoms with Crippen molar-refractivity contribution in [1.29, 1.82) is 0 Å². The van der Waals surface area contributed by atoms with Crippen LogP contribution in [0.15, 0.2) is 60.0 Å². The van der Waals surface area contributed by atoms with Gasteiger partial charge in [-0.2, -0.15) is 14.3 Å². The van der Waals surface area contributed by atoms with E-state index in [2.05, 4.69) is 4.90 Å². The molecule has 0 aliphatic carbocycles. The molecule has 35 heavy (non-hydrogen) atoms. The summed E-state index contributed by atoms with van der Waals surface area (Å²) < 4.78 is 27.9. The topological polar surface area (TPSA) is 63.9 Å². The average molecular weight is 498 g/mol. The first-order chi connectivity index (χ1) is 16.9. The van der Waals surface area contributed by atoms with E-state index in [4.69, 9.17) is 0 Å². The fourth-order valence-electron chi connectivity index (χ4n) is 4.43. The average Bonchev–Trinajstić information content (AvgIpc) is 3.36. The highest BCUT2D eigenvalue weighted by Crippen LogP contribution is 2.29. The quantitative estimate of drug-likeness (QED) is 0.595. The summed E-state index contributed by atoms with van der Waals surface area (Å²) >= 11 is 1.30. The van der Waals surface area contributed by atoms with Gasteiger partial charge in [-0.3, -0.25) is 4.79 Å². The van der Waals surface area contributed by atoms with Crippen LogP contribution >= 0.6 is 11.8 Å². The molecule has 3 heterocycles. The fraction of sp³-hybridized carbons (Fsp3) is 0.280. The maximum Gasteiger partial charge on any atom is 0.501 e. The van der Waals surface area contributed by atoms with Crippen LogP contribution in [0.4, 0.5) is 19.3 Å². The van der Waals surface area contributed by atoms with Crippen LogP contribution in [-0.4, -0.2) is 75.9 Å². The van der Waals surface area contributed by atoms with Crippen molar-refractivity contribution < 1.29 is 27.7 Å². The van der Waals surface area contributed by atoms with Crippen LogP contribution in [0.25, 0.3) is 0 Å². The van der Waals surface area contributed by atoms with Crippen molar-refractivity contribution in [2.24, 2.45) is 0 Å². The monoisotopic (exact) mass is 497 g/mol. The SMILES string of the molecule is O=C(C[N+]1=C2C=CSC2C(=O)N(Cc2ccc(F)cc2)C1=O)N1CCN(c2ccc(F)cc2)CC1. The smallest absolute Gasteiger partial charge is 0.368 e. The second-order valence-electron chi connectivity index (χ2n) is 8.51. The summed E-state index contributed by atoms with van der Waals surface area (Å²) in [4.78, 5) is 44.4. The Bertz CT molecular complexity index is 1220. The second kappa shape index (κ2) is 9.61.